The molecule has 116 valence electrons. The number of hydrogen-bond donors (Lipinski definition) is 1. The fourth-order valence-electron chi connectivity index (χ4n) is 3.35. The Morgan fingerprint density at radius 3 is 2.77 bits per heavy atom. The molecule has 3 rings (SSSR count). The van der Waals surface area contributed by atoms with Gasteiger partial charge in [0.2, 0.25) is 0 Å². The number of carbonyl (C=O) groups excluding carboxylic acids is 1. The summed E-state index contributed by atoms with van der Waals surface area (Å²) in [4.78, 5) is 12.8. The predicted molar refractivity (Wildman–Crippen MR) is 92.6 cm³/mol. The maximum absolute atomic E-state index is 12.4. The van der Waals surface area contributed by atoms with E-state index >= 15 is 0 Å². The molecule has 0 fully saturated rings. The molecule has 1 N–H and O–H groups in total. The molecule has 2 aromatic rings. The lowest BCUT2D eigenvalue weighted by atomic mass is 9.86. The molecule has 1 aliphatic carbocycles. The minimum absolute atomic E-state index is 0.126. The summed E-state index contributed by atoms with van der Waals surface area (Å²) < 4.78 is 3.90. The smallest absolute Gasteiger partial charge is 0.268 e. The molecule has 1 aromatic heterocycles. The molecule has 3 nitrogen and oxygen atoms in total. The van der Waals surface area contributed by atoms with Crippen molar-refractivity contribution in [2.45, 2.75) is 38.5 Å². The topological polar surface area (TPSA) is 42.0 Å². The Bertz CT molecular complexity index is 755. The SMILES string of the molecule is CC1CC(C)(C)c2cccc(NC(=O)c3snc(Cl)c3Cl)c21. The first-order chi connectivity index (χ1) is 10.3. The van der Waals surface area contributed by atoms with E-state index in [4.69, 9.17) is 23.2 Å². The zero-order valence-corrected chi connectivity index (χ0v) is 14.9. The lowest BCUT2D eigenvalue weighted by Gasteiger charge is -2.19. The van der Waals surface area contributed by atoms with Gasteiger partial charge in [0.1, 0.15) is 9.90 Å². The second kappa shape index (κ2) is 5.52. The van der Waals surface area contributed by atoms with Crippen LogP contribution < -0.4 is 5.32 Å². The number of halogens is 2. The van der Waals surface area contributed by atoms with Crippen LogP contribution in [0.1, 0.15) is 53.9 Å². The molecule has 1 amide bonds. The molecule has 0 saturated carbocycles. The molecule has 1 unspecified atom stereocenters. The van der Waals surface area contributed by atoms with Crippen molar-refractivity contribution >= 4 is 46.3 Å². The van der Waals surface area contributed by atoms with Crippen molar-refractivity contribution in [2.75, 3.05) is 5.32 Å². The van der Waals surface area contributed by atoms with Gasteiger partial charge in [-0.25, -0.2) is 0 Å². The van der Waals surface area contributed by atoms with Gasteiger partial charge in [-0.2, -0.15) is 4.37 Å². The van der Waals surface area contributed by atoms with E-state index in [9.17, 15) is 4.79 Å². The lowest BCUT2D eigenvalue weighted by molar-refractivity contribution is 0.103. The van der Waals surface area contributed by atoms with Crippen LogP contribution in [0.4, 0.5) is 5.69 Å². The van der Waals surface area contributed by atoms with Crippen LogP contribution in [0.3, 0.4) is 0 Å². The van der Waals surface area contributed by atoms with Crippen LogP contribution in [0.2, 0.25) is 10.2 Å². The van der Waals surface area contributed by atoms with Gasteiger partial charge in [-0.15, -0.1) is 0 Å². The fraction of sp³-hybridized carbons (Fsp3) is 0.375. The van der Waals surface area contributed by atoms with Gasteiger partial charge < -0.3 is 5.32 Å². The van der Waals surface area contributed by atoms with Crippen LogP contribution in [-0.2, 0) is 5.41 Å². The first kappa shape index (κ1) is 15.8. The zero-order chi connectivity index (χ0) is 16.1. The number of nitrogens with one attached hydrogen (secondary N) is 1. The van der Waals surface area contributed by atoms with Gasteiger partial charge in [-0.05, 0) is 46.5 Å². The number of aromatic nitrogens is 1. The Hall–Kier alpha value is -1.10. The van der Waals surface area contributed by atoms with Crippen LogP contribution in [0.5, 0.6) is 0 Å². The van der Waals surface area contributed by atoms with Crippen molar-refractivity contribution in [3.8, 4) is 0 Å². The zero-order valence-electron chi connectivity index (χ0n) is 12.5. The van der Waals surface area contributed by atoms with Gasteiger partial charge in [0.15, 0.2) is 5.15 Å². The Kier molecular flexibility index (Phi) is 3.96. The van der Waals surface area contributed by atoms with Crippen molar-refractivity contribution in [1.29, 1.82) is 0 Å². The summed E-state index contributed by atoms with van der Waals surface area (Å²) in [6.45, 7) is 6.67. The predicted octanol–water partition coefficient (Wildman–Crippen LogP) is 5.49. The van der Waals surface area contributed by atoms with Crippen molar-refractivity contribution in [3.05, 3.63) is 44.4 Å². The molecule has 1 atom stereocenters. The fourth-order valence-corrected chi connectivity index (χ4v) is 4.46. The number of hydrogen-bond acceptors (Lipinski definition) is 3. The summed E-state index contributed by atoms with van der Waals surface area (Å²) in [5.74, 6) is 0.140. The van der Waals surface area contributed by atoms with E-state index < -0.39 is 0 Å². The lowest BCUT2D eigenvalue weighted by Crippen LogP contribution is -2.14. The number of anilines is 1. The highest BCUT2D eigenvalue weighted by atomic mass is 35.5. The molecule has 6 heteroatoms. The Labute approximate surface area is 143 Å². The molecular weight excluding hydrogens is 339 g/mol. The standard InChI is InChI=1S/C16H16Cl2N2OS/c1-8-7-16(2,3)9-5-4-6-10(11(8)9)19-15(21)13-12(17)14(18)20-22-13/h4-6,8H,7H2,1-3H3,(H,19,21). The third-order valence-electron chi connectivity index (χ3n) is 4.20. The number of benzene rings is 1. The second-order valence-electron chi connectivity index (χ2n) is 6.33. The molecule has 0 radical (unpaired) electrons. The summed E-state index contributed by atoms with van der Waals surface area (Å²) >= 11 is 12.8. The van der Waals surface area contributed by atoms with Crippen LogP contribution in [0.25, 0.3) is 0 Å². The van der Waals surface area contributed by atoms with E-state index in [-0.39, 0.29) is 21.5 Å². The number of carbonyl (C=O) groups is 1. The van der Waals surface area contributed by atoms with E-state index in [1.807, 2.05) is 12.1 Å². The Morgan fingerprint density at radius 1 is 1.41 bits per heavy atom. The highest BCUT2D eigenvalue weighted by Crippen LogP contribution is 2.48. The Balaban J connectivity index is 1.96. The van der Waals surface area contributed by atoms with Gasteiger partial charge in [0.05, 0.1) is 0 Å². The summed E-state index contributed by atoms with van der Waals surface area (Å²) in [5.41, 5.74) is 3.49. The molecule has 1 aliphatic rings. The number of nitrogens with zero attached hydrogens (tertiary/aromatic N) is 1. The molecule has 1 aromatic carbocycles. The minimum Gasteiger partial charge on any atom is -0.321 e. The maximum Gasteiger partial charge on any atom is 0.268 e. The van der Waals surface area contributed by atoms with E-state index in [1.54, 1.807) is 0 Å². The highest BCUT2D eigenvalue weighted by Gasteiger charge is 2.36. The average molecular weight is 355 g/mol. The van der Waals surface area contributed by atoms with Gasteiger partial charge in [-0.1, -0.05) is 56.1 Å². The number of fused-ring (bicyclic) bond motifs is 1. The first-order valence-corrected chi connectivity index (χ1v) is 8.59. The second-order valence-corrected chi connectivity index (χ2v) is 7.84. The van der Waals surface area contributed by atoms with Gasteiger partial charge in [0.25, 0.3) is 5.91 Å². The largest absolute Gasteiger partial charge is 0.321 e. The van der Waals surface area contributed by atoms with E-state index in [2.05, 4.69) is 36.5 Å². The van der Waals surface area contributed by atoms with E-state index in [0.717, 1.165) is 23.6 Å². The van der Waals surface area contributed by atoms with Crippen molar-refractivity contribution in [2.24, 2.45) is 0 Å². The van der Waals surface area contributed by atoms with Crippen LogP contribution >= 0.6 is 34.7 Å². The van der Waals surface area contributed by atoms with Gasteiger partial charge in [0, 0.05) is 5.69 Å². The van der Waals surface area contributed by atoms with Gasteiger partial charge in [-0.3, -0.25) is 4.79 Å². The maximum atomic E-state index is 12.4. The summed E-state index contributed by atoms with van der Waals surface area (Å²) in [6, 6.07) is 6.06. The number of rotatable bonds is 2. The molecule has 1 heterocycles. The molecule has 0 saturated heterocycles. The van der Waals surface area contributed by atoms with Crippen molar-refractivity contribution in [1.82, 2.24) is 4.37 Å². The molecule has 0 spiro atoms. The van der Waals surface area contributed by atoms with E-state index in [1.165, 1.54) is 11.1 Å². The summed E-state index contributed by atoms with van der Waals surface area (Å²) in [5, 5.41) is 3.35. The monoisotopic (exact) mass is 354 g/mol. The van der Waals surface area contributed by atoms with E-state index in [0.29, 0.717) is 10.8 Å². The quantitative estimate of drug-likeness (QED) is 0.774. The highest BCUT2D eigenvalue weighted by molar-refractivity contribution is 7.09. The van der Waals surface area contributed by atoms with Crippen LogP contribution in [0.15, 0.2) is 18.2 Å². The first-order valence-electron chi connectivity index (χ1n) is 7.06. The minimum atomic E-state index is -0.264. The van der Waals surface area contributed by atoms with Crippen LogP contribution in [0, 0.1) is 0 Å². The molecule has 0 bridgehead atoms. The summed E-state index contributed by atoms with van der Waals surface area (Å²) in [6.07, 6.45) is 1.07. The summed E-state index contributed by atoms with van der Waals surface area (Å²) in [7, 11) is 0. The average Bonchev–Trinajstić information content (AvgIpc) is 2.89. The van der Waals surface area contributed by atoms with Crippen molar-refractivity contribution in [3.63, 3.8) is 0 Å². The molecule has 0 aliphatic heterocycles. The molecule has 22 heavy (non-hydrogen) atoms. The third kappa shape index (κ3) is 2.53. The van der Waals surface area contributed by atoms with Gasteiger partial charge >= 0.3 is 0 Å². The third-order valence-corrected chi connectivity index (χ3v) is 5.99. The normalized spacial score (nSPS) is 19.0. The number of amides is 1. The Morgan fingerprint density at radius 2 is 2.14 bits per heavy atom. The molecular formula is C16H16Cl2N2OS. The van der Waals surface area contributed by atoms with Crippen LogP contribution in [-0.4, -0.2) is 10.3 Å². The van der Waals surface area contributed by atoms with Crippen molar-refractivity contribution < 1.29 is 4.79 Å².